The van der Waals surface area contributed by atoms with Crippen LogP contribution < -0.4 is 72.0 Å². The number of carbonyl (C=O) groups excluding carboxylic acids is 8. The molecular weight excluding hydrogens is 1780 g/mol. The second kappa shape index (κ2) is 41.0. The average Bonchev–Trinajstić information content (AvgIpc) is 0.759. The number of fused-ring (bicyclic) bond motifs is 14. The number of carboxylic acid groups (broad SMARTS) is 1. The van der Waals surface area contributed by atoms with Crippen LogP contribution in [0.15, 0.2) is 115 Å². The fourth-order valence-corrected chi connectivity index (χ4v) is 17.5. The number of aliphatic hydroxyl groups excluding tert-OH is 10. The lowest BCUT2D eigenvalue weighted by molar-refractivity contribution is -0.284. The topological polar surface area (TPSA) is 653 Å². The molecule has 23 atom stereocenters. The molecular formula is C89H99Cl2N9O32. The number of aliphatic hydroxyl groups is 10. The number of rotatable bonds is 20. The predicted octanol–water partition coefficient (Wildman–Crippen LogP) is 1.83. The van der Waals surface area contributed by atoms with Gasteiger partial charge in [0.25, 0.3) is 0 Å². The van der Waals surface area contributed by atoms with Gasteiger partial charge in [-0.25, -0.2) is 4.79 Å². The molecule has 0 radical (unpaired) electrons. The Morgan fingerprint density at radius 2 is 1.09 bits per heavy atom. The van der Waals surface area contributed by atoms with Gasteiger partial charge in [-0.1, -0.05) is 92.9 Å². The molecule has 132 heavy (non-hydrogen) atoms. The van der Waals surface area contributed by atoms with Crippen molar-refractivity contribution in [3.05, 3.63) is 164 Å². The van der Waals surface area contributed by atoms with E-state index in [9.17, 15) is 95.8 Å². The van der Waals surface area contributed by atoms with E-state index in [4.69, 9.17) is 66.8 Å². The van der Waals surface area contributed by atoms with Crippen LogP contribution in [0.4, 0.5) is 0 Å². The van der Waals surface area contributed by atoms with Crippen molar-refractivity contribution in [2.24, 2.45) is 11.7 Å². The van der Waals surface area contributed by atoms with Gasteiger partial charge in [-0.15, -0.1) is 0 Å². The van der Waals surface area contributed by atoms with Gasteiger partial charge in [-0.05, 0) is 125 Å². The molecule has 0 aromatic heterocycles. The minimum Gasteiger partial charge on any atom is -0.508 e. The highest BCUT2D eigenvalue weighted by atomic mass is 35.5. The molecule has 8 heterocycles. The van der Waals surface area contributed by atoms with E-state index >= 15 is 24.0 Å². The van der Waals surface area contributed by atoms with Gasteiger partial charge in [-0.3, -0.25) is 38.4 Å². The number of ether oxygens (including phenoxy) is 8. The van der Waals surface area contributed by atoms with E-state index in [1.807, 2.05) is 0 Å². The van der Waals surface area contributed by atoms with Crippen molar-refractivity contribution in [2.45, 2.75) is 212 Å². The number of phenolic OH excluding ortho intramolecular Hbond substituents is 4. The van der Waals surface area contributed by atoms with E-state index in [1.54, 1.807) is 0 Å². The van der Waals surface area contributed by atoms with Gasteiger partial charge in [-0.2, -0.15) is 0 Å². The molecule has 1 saturated carbocycles. The van der Waals surface area contributed by atoms with Crippen molar-refractivity contribution >= 4 is 76.4 Å². The molecule has 43 heteroatoms. The first-order valence-electron chi connectivity index (χ1n) is 42.4. The molecule has 2 saturated heterocycles. The summed E-state index contributed by atoms with van der Waals surface area (Å²) in [6, 6.07) is 1.40. The van der Waals surface area contributed by atoms with Crippen LogP contribution in [-0.2, 0) is 63.8 Å². The molecule has 8 aliphatic heterocycles. The van der Waals surface area contributed by atoms with Gasteiger partial charge in [0.05, 0.1) is 35.4 Å². The lowest BCUT2D eigenvalue weighted by Gasteiger charge is -2.44. The number of aromatic hydroxyl groups is 4. The number of benzene rings is 7. The van der Waals surface area contributed by atoms with Gasteiger partial charge < -0.3 is 163 Å². The zero-order valence-corrected chi connectivity index (χ0v) is 71.9. The second-order valence-corrected chi connectivity index (χ2v) is 34.0. The highest BCUT2D eigenvalue weighted by Crippen LogP contribution is 2.51. The lowest BCUT2D eigenvalue weighted by Crippen LogP contribution is -2.65. The van der Waals surface area contributed by atoms with Crippen molar-refractivity contribution in [2.75, 3.05) is 19.8 Å². The van der Waals surface area contributed by atoms with Gasteiger partial charge >= 0.3 is 5.97 Å². The minimum absolute atomic E-state index is 0.0351. The molecule has 1 aliphatic carbocycles. The molecule has 706 valence electrons. The Balaban J connectivity index is 1.04. The average molecular weight is 1880 g/mol. The third-order valence-electron chi connectivity index (χ3n) is 24.0. The van der Waals surface area contributed by atoms with Crippen molar-refractivity contribution in [1.29, 1.82) is 0 Å². The molecule has 7 aromatic carbocycles. The summed E-state index contributed by atoms with van der Waals surface area (Å²) in [4.78, 5) is 138. The maximum atomic E-state index is 17.0. The maximum absolute atomic E-state index is 17.0. The molecule has 17 bridgehead atoms. The van der Waals surface area contributed by atoms with Crippen LogP contribution in [0, 0.1) is 5.92 Å². The third kappa shape index (κ3) is 20.7. The van der Waals surface area contributed by atoms with Crippen LogP contribution >= 0.6 is 23.2 Å². The fourth-order valence-electron chi connectivity index (χ4n) is 17.0. The first-order valence-corrected chi connectivity index (χ1v) is 43.2. The third-order valence-corrected chi connectivity index (χ3v) is 24.6. The summed E-state index contributed by atoms with van der Waals surface area (Å²) in [5.41, 5.74) is 2.95. The van der Waals surface area contributed by atoms with Crippen LogP contribution in [0.25, 0.3) is 11.1 Å². The maximum Gasteiger partial charge on any atom is 0.330 e. The lowest BCUT2D eigenvalue weighted by atomic mass is 9.79. The molecule has 25 N–H and O–H groups in total. The number of hydrogen-bond donors (Lipinski definition) is 24. The molecule has 7 aromatic rings. The monoisotopic (exact) mass is 1880 g/mol. The summed E-state index contributed by atoms with van der Waals surface area (Å²) in [5.74, 6) is -20.2. The number of nitrogens with one attached hydrogen (secondary N) is 8. The Morgan fingerprint density at radius 3 is 1.74 bits per heavy atom. The number of amides is 8. The van der Waals surface area contributed by atoms with E-state index in [-0.39, 0.29) is 50.9 Å². The Bertz CT molecular complexity index is 5540. The number of carboxylic acids is 1. The van der Waals surface area contributed by atoms with Crippen LogP contribution in [0.1, 0.15) is 147 Å². The van der Waals surface area contributed by atoms with Gasteiger partial charge in [0.2, 0.25) is 59.3 Å². The smallest absolute Gasteiger partial charge is 0.330 e. The SMILES string of the molecule is CCCCCCCCCC(=O)N[C@@H]1[C@@H](O)[C@H](O)[C@@H](CO)C[C@H]1Oc1c2cc3cc1Oc1ccc(cc1Cl)[C@@H](O[C@@H]1O[C@H](CO)[C@@H](O)[C@H](O)[C@H]1NC(C)=O)[C@@H]1NC(=O)[C@H](NC(=O)[C@@H]3NC(=O)[C@H]3NC(=O)[C@@H](Cc4ccc(c(Cl)c4)O2)NC(=O)[C@H](N)c2ccc(O)c(c2)Oc2cc(O)cc3c2)c2ccc(O)c(c2)-c2c(O[C@H]3O[C@H](CO)[C@@H](O)[C@H](O)[C@@H]3O)cc(O)cc2[C@H](C(=O)O)NC1=O. The van der Waals surface area contributed by atoms with E-state index in [1.165, 1.54) is 30.3 Å². The van der Waals surface area contributed by atoms with Crippen molar-refractivity contribution in [3.63, 3.8) is 0 Å². The normalized spacial score (nSPS) is 28.9. The van der Waals surface area contributed by atoms with Crippen molar-refractivity contribution in [3.8, 4) is 80.1 Å². The minimum atomic E-state index is -2.58. The summed E-state index contributed by atoms with van der Waals surface area (Å²) in [7, 11) is 0. The Hall–Kier alpha value is -12.0. The fraction of sp³-hybridized carbons (Fsp3) is 0.427. The van der Waals surface area contributed by atoms with Crippen LogP contribution in [0.2, 0.25) is 10.0 Å². The van der Waals surface area contributed by atoms with E-state index in [0.717, 1.165) is 124 Å². The Kier molecular flexibility index (Phi) is 29.8. The number of hydrogen-bond acceptors (Lipinski definition) is 32. The summed E-state index contributed by atoms with van der Waals surface area (Å²) in [6.07, 6.45) is -21.3. The number of aliphatic carboxylic acids is 1. The first kappa shape index (κ1) is 96.1. The number of halogens is 2. The van der Waals surface area contributed by atoms with Crippen molar-refractivity contribution < 1.29 is 158 Å². The number of carbonyl (C=O) groups is 9. The molecule has 0 spiro atoms. The number of nitrogens with two attached hydrogens (primary N) is 1. The van der Waals surface area contributed by atoms with Gasteiger partial charge in [0.1, 0.15) is 144 Å². The van der Waals surface area contributed by atoms with Crippen molar-refractivity contribution in [1.82, 2.24) is 42.5 Å². The molecule has 9 aliphatic rings. The highest BCUT2D eigenvalue weighted by molar-refractivity contribution is 6.32. The van der Waals surface area contributed by atoms with Crippen LogP contribution in [-0.4, -0.2) is 247 Å². The first-order chi connectivity index (χ1) is 63.0. The molecule has 8 amide bonds. The summed E-state index contributed by atoms with van der Waals surface area (Å²) in [5, 5.41) is 191. The predicted molar refractivity (Wildman–Crippen MR) is 456 cm³/mol. The second-order valence-electron chi connectivity index (χ2n) is 33.2. The quantitative estimate of drug-likeness (QED) is 0.0484. The summed E-state index contributed by atoms with van der Waals surface area (Å²) in [6.45, 7) is 0.142. The van der Waals surface area contributed by atoms with Crippen LogP contribution in [0.3, 0.4) is 0 Å². The zero-order valence-electron chi connectivity index (χ0n) is 70.4. The van der Waals surface area contributed by atoms with Gasteiger partial charge in [0.15, 0.2) is 35.3 Å². The summed E-state index contributed by atoms with van der Waals surface area (Å²) >= 11 is 14.8. The zero-order chi connectivity index (χ0) is 94.7. The standard InChI is InChI=1S/C89H99Cl2N9O32/c1-3-4-5-6-7-8-9-10-62(109)95-69-57(28-42(32-101)72(110)75(69)113)128-80-58-26-41-27-59(80)127-54-18-14-39(24-49(54)91)79(132-88-70(93-35(2)104)76(114)73(111)60(33-102)130-88)71-86(122)99-68(87(123)124)47-30-44(106)31-56(129-89-78(116)77(115)74(112)61(34-103)131-89)63(47)46-23-38(13-15-51(46)107)65(83(119)100-71)97-85(121)67(41)98-84(120)66-40-21-43(105)29-45(22-40)125-55-25-37(12-16-52(55)108)64(92)82(118)94-50(81(117)96-66)20-36-11-17-53(126-58)48(90)19-36/h11-19,21-27,29-31,42,50,57,60-61,64-79,88-89,101-103,105-108,110-116H,3-10,20,28,32-34,92H2,1-2H3,(H,93,104)(H,94,118)(H,95,109)(H,96,117)(H,97,121)(H,98,120)(H,99,122)(H,100,119)(H,123,124)/t42-,50-,57-,60-,61-,64-,65-,66+,67-,68-,69+,70-,71+,72-,73-,74-,75-,76-,77+,78+,79-,88+,89+/m1/s1. The highest BCUT2D eigenvalue weighted by Gasteiger charge is 2.52. The van der Waals surface area contributed by atoms with E-state index < -0.39 is 310 Å². The van der Waals surface area contributed by atoms with E-state index in [0.29, 0.717) is 12.8 Å². The summed E-state index contributed by atoms with van der Waals surface area (Å²) < 4.78 is 51.6. The molecule has 16 rings (SSSR count). The number of phenols is 4. The van der Waals surface area contributed by atoms with E-state index in [2.05, 4.69) is 49.5 Å². The van der Waals surface area contributed by atoms with Gasteiger partial charge in [0, 0.05) is 61.1 Å². The molecule has 41 nitrogen and oxygen atoms in total. The Labute approximate surface area is 761 Å². The van der Waals surface area contributed by atoms with Crippen LogP contribution in [0.5, 0.6) is 69.0 Å². The molecule has 3 fully saturated rings. The molecule has 0 unspecified atom stereocenters. The largest absolute Gasteiger partial charge is 0.508 e. The Morgan fingerprint density at radius 1 is 0.508 bits per heavy atom. The number of unbranched alkanes of at least 4 members (excludes halogenated alkanes) is 6.